The van der Waals surface area contributed by atoms with Crippen LogP contribution in [-0.4, -0.2) is 40.8 Å². The maximum atomic E-state index is 12.8. The largest absolute Gasteiger partial charge is 0.486 e. The van der Waals surface area contributed by atoms with E-state index in [-0.39, 0.29) is 5.91 Å². The van der Waals surface area contributed by atoms with Gasteiger partial charge in [-0.1, -0.05) is 24.3 Å². The van der Waals surface area contributed by atoms with E-state index in [1.807, 2.05) is 74.1 Å². The van der Waals surface area contributed by atoms with Crippen molar-refractivity contribution >= 4 is 5.91 Å². The Morgan fingerprint density at radius 3 is 2.55 bits per heavy atom. The minimum atomic E-state index is 0.0490. The molecule has 2 heterocycles. The van der Waals surface area contributed by atoms with Crippen molar-refractivity contribution in [3.05, 3.63) is 71.0 Å². The topological polar surface area (TPSA) is 56.6 Å². The van der Waals surface area contributed by atoms with Crippen LogP contribution in [0.5, 0.6) is 11.5 Å². The van der Waals surface area contributed by atoms with Crippen LogP contribution in [0.15, 0.2) is 48.5 Å². The molecule has 4 rings (SSSR count). The fourth-order valence-corrected chi connectivity index (χ4v) is 3.56. The van der Waals surface area contributed by atoms with Gasteiger partial charge in [0.1, 0.15) is 13.2 Å². The van der Waals surface area contributed by atoms with Crippen LogP contribution >= 0.6 is 0 Å². The SMILES string of the molecule is Cc1nn(-c2ccccc2)c(C)c1CN(C)C(=O)Cc1ccc2c(c1)OCCO2. The van der Waals surface area contributed by atoms with Gasteiger partial charge in [0.15, 0.2) is 11.5 Å². The first-order chi connectivity index (χ1) is 14.0. The van der Waals surface area contributed by atoms with Crippen LogP contribution in [-0.2, 0) is 17.8 Å². The molecule has 1 aliphatic heterocycles. The summed E-state index contributed by atoms with van der Waals surface area (Å²) in [4.78, 5) is 14.6. The Balaban J connectivity index is 1.47. The molecule has 29 heavy (non-hydrogen) atoms. The lowest BCUT2D eigenvalue weighted by atomic mass is 10.1. The number of aryl methyl sites for hydroxylation is 1. The summed E-state index contributed by atoms with van der Waals surface area (Å²) < 4.78 is 13.1. The maximum absolute atomic E-state index is 12.8. The summed E-state index contributed by atoms with van der Waals surface area (Å²) in [6, 6.07) is 15.7. The zero-order chi connectivity index (χ0) is 20.4. The molecule has 1 aromatic heterocycles. The van der Waals surface area contributed by atoms with Crippen LogP contribution < -0.4 is 9.47 Å². The molecule has 6 heteroatoms. The van der Waals surface area contributed by atoms with Crippen LogP contribution in [0, 0.1) is 13.8 Å². The quantitative estimate of drug-likeness (QED) is 0.668. The second-order valence-corrected chi connectivity index (χ2v) is 7.30. The van der Waals surface area contributed by atoms with Crippen molar-refractivity contribution < 1.29 is 14.3 Å². The number of para-hydroxylation sites is 1. The van der Waals surface area contributed by atoms with E-state index in [0.717, 1.165) is 34.0 Å². The third-order valence-electron chi connectivity index (χ3n) is 5.22. The molecule has 2 aromatic carbocycles. The molecule has 0 radical (unpaired) electrons. The molecule has 6 nitrogen and oxygen atoms in total. The first-order valence-corrected chi connectivity index (χ1v) is 9.76. The monoisotopic (exact) mass is 391 g/mol. The zero-order valence-corrected chi connectivity index (χ0v) is 17.0. The third kappa shape index (κ3) is 3.97. The van der Waals surface area contributed by atoms with Gasteiger partial charge < -0.3 is 14.4 Å². The molecule has 0 saturated heterocycles. The van der Waals surface area contributed by atoms with Gasteiger partial charge in [0.05, 0.1) is 17.8 Å². The van der Waals surface area contributed by atoms with Crippen molar-refractivity contribution in [3.8, 4) is 17.2 Å². The fourth-order valence-electron chi connectivity index (χ4n) is 3.56. The molecule has 0 N–H and O–H groups in total. The van der Waals surface area contributed by atoms with Gasteiger partial charge in [0.25, 0.3) is 0 Å². The van der Waals surface area contributed by atoms with Crippen molar-refractivity contribution in [2.45, 2.75) is 26.8 Å². The Bertz CT molecular complexity index is 1030. The van der Waals surface area contributed by atoms with Gasteiger partial charge in [-0.15, -0.1) is 0 Å². The van der Waals surface area contributed by atoms with Crippen molar-refractivity contribution in [1.29, 1.82) is 0 Å². The van der Waals surface area contributed by atoms with Crippen LogP contribution in [0.4, 0.5) is 0 Å². The number of amides is 1. The molecule has 1 amide bonds. The minimum Gasteiger partial charge on any atom is -0.486 e. The Morgan fingerprint density at radius 2 is 1.79 bits per heavy atom. The maximum Gasteiger partial charge on any atom is 0.227 e. The molecule has 0 fully saturated rings. The number of benzene rings is 2. The number of fused-ring (bicyclic) bond motifs is 1. The highest BCUT2D eigenvalue weighted by molar-refractivity contribution is 5.78. The van der Waals surface area contributed by atoms with Gasteiger partial charge in [-0.25, -0.2) is 4.68 Å². The van der Waals surface area contributed by atoms with Crippen molar-refractivity contribution in [2.75, 3.05) is 20.3 Å². The lowest BCUT2D eigenvalue weighted by Crippen LogP contribution is -2.28. The Kier molecular flexibility index (Phi) is 5.25. The van der Waals surface area contributed by atoms with Crippen LogP contribution in [0.3, 0.4) is 0 Å². The first kappa shape index (κ1) is 19.1. The molecule has 0 bridgehead atoms. The van der Waals surface area contributed by atoms with E-state index in [1.54, 1.807) is 4.90 Å². The first-order valence-electron chi connectivity index (χ1n) is 9.76. The summed E-state index contributed by atoms with van der Waals surface area (Å²) in [6.45, 7) is 5.65. The summed E-state index contributed by atoms with van der Waals surface area (Å²) in [5.41, 5.74) is 4.99. The van der Waals surface area contributed by atoms with Crippen LogP contribution in [0.1, 0.15) is 22.5 Å². The van der Waals surface area contributed by atoms with E-state index in [9.17, 15) is 4.79 Å². The summed E-state index contributed by atoms with van der Waals surface area (Å²) in [5, 5.41) is 4.67. The molecule has 0 saturated carbocycles. The van der Waals surface area contributed by atoms with Crippen molar-refractivity contribution in [2.24, 2.45) is 0 Å². The van der Waals surface area contributed by atoms with Gasteiger partial charge in [0.2, 0.25) is 5.91 Å². The molecule has 1 aliphatic rings. The van der Waals surface area contributed by atoms with E-state index in [2.05, 4.69) is 5.10 Å². The predicted octanol–water partition coefficient (Wildman–Crippen LogP) is 3.46. The van der Waals surface area contributed by atoms with Gasteiger partial charge >= 0.3 is 0 Å². The lowest BCUT2D eigenvalue weighted by molar-refractivity contribution is -0.129. The standard InChI is InChI=1S/C23H25N3O3/c1-16-20(17(2)26(24-16)19-7-5-4-6-8-19)15-25(3)23(27)14-18-9-10-21-22(13-18)29-12-11-28-21/h4-10,13H,11-12,14-15H2,1-3H3. The van der Waals surface area contributed by atoms with Gasteiger partial charge in [-0.2, -0.15) is 5.10 Å². The number of carbonyl (C=O) groups is 1. The molecule has 0 atom stereocenters. The Labute approximate surface area is 170 Å². The summed E-state index contributed by atoms with van der Waals surface area (Å²) in [6.07, 6.45) is 0.318. The predicted molar refractivity (Wildman–Crippen MR) is 111 cm³/mol. The van der Waals surface area contributed by atoms with Gasteiger partial charge in [-0.3, -0.25) is 4.79 Å². The number of ether oxygens (including phenoxy) is 2. The number of hydrogen-bond acceptors (Lipinski definition) is 4. The van der Waals surface area contributed by atoms with E-state index in [4.69, 9.17) is 9.47 Å². The average Bonchev–Trinajstić information content (AvgIpc) is 3.02. The van der Waals surface area contributed by atoms with Gasteiger partial charge in [0, 0.05) is 24.8 Å². The second kappa shape index (κ2) is 7.99. The fraction of sp³-hybridized carbons (Fsp3) is 0.304. The summed E-state index contributed by atoms with van der Waals surface area (Å²) >= 11 is 0. The van der Waals surface area contributed by atoms with E-state index in [1.165, 1.54) is 0 Å². The zero-order valence-electron chi connectivity index (χ0n) is 17.0. The average molecular weight is 391 g/mol. The van der Waals surface area contributed by atoms with E-state index in [0.29, 0.717) is 31.9 Å². The number of hydrogen-bond donors (Lipinski definition) is 0. The summed E-state index contributed by atoms with van der Waals surface area (Å²) in [5.74, 6) is 1.49. The van der Waals surface area contributed by atoms with E-state index < -0.39 is 0 Å². The minimum absolute atomic E-state index is 0.0490. The number of aromatic nitrogens is 2. The normalized spacial score (nSPS) is 12.7. The molecule has 0 spiro atoms. The van der Waals surface area contributed by atoms with Crippen LogP contribution in [0.2, 0.25) is 0 Å². The highest BCUT2D eigenvalue weighted by atomic mass is 16.6. The molecule has 0 unspecified atom stereocenters. The molecule has 0 aliphatic carbocycles. The van der Waals surface area contributed by atoms with E-state index >= 15 is 0 Å². The molecule has 3 aromatic rings. The molecule has 150 valence electrons. The molecular weight excluding hydrogens is 366 g/mol. The second-order valence-electron chi connectivity index (χ2n) is 7.30. The summed E-state index contributed by atoms with van der Waals surface area (Å²) in [7, 11) is 1.83. The lowest BCUT2D eigenvalue weighted by Gasteiger charge is -2.20. The highest BCUT2D eigenvalue weighted by Crippen LogP contribution is 2.31. The smallest absolute Gasteiger partial charge is 0.227 e. The van der Waals surface area contributed by atoms with Gasteiger partial charge in [-0.05, 0) is 43.7 Å². The number of likely N-dealkylation sites (N-methyl/N-ethyl adjacent to an activating group) is 1. The number of nitrogens with zero attached hydrogens (tertiary/aromatic N) is 3. The van der Waals surface area contributed by atoms with Crippen LogP contribution in [0.25, 0.3) is 5.69 Å². The molecular formula is C23H25N3O3. The third-order valence-corrected chi connectivity index (χ3v) is 5.22. The highest BCUT2D eigenvalue weighted by Gasteiger charge is 2.19. The number of rotatable bonds is 5. The van der Waals surface area contributed by atoms with Crippen molar-refractivity contribution in [3.63, 3.8) is 0 Å². The van der Waals surface area contributed by atoms with Crippen molar-refractivity contribution in [1.82, 2.24) is 14.7 Å². The Morgan fingerprint density at radius 1 is 1.07 bits per heavy atom. The number of carbonyl (C=O) groups excluding carboxylic acids is 1. The Hall–Kier alpha value is -3.28.